The number of carbonyl (C=O) groups is 4. The Morgan fingerprint density at radius 3 is 2.58 bits per heavy atom. The number of benzene rings is 1. The number of likely N-dealkylation sites (tertiary alicyclic amines) is 2. The fourth-order valence-electron chi connectivity index (χ4n) is 13.9. The molecule has 6 bridgehead atoms. The zero-order valence-corrected chi connectivity index (χ0v) is 44.4. The van der Waals surface area contributed by atoms with E-state index in [0.717, 1.165) is 121 Å². The summed E-state index contributed by atoms with van der Waals surface area (Å²) in [5, 5.41) is 8.81. The van der Waals surface area contributed by atoms with Gasteiger partial charge in [-0.25, -0.2) is 10.4 Å². The normalized spacial score (nSPS) is 29.7. The van der Waals surface area contributed by atoms with Gasteiger partial charge in [-0.15, -0.1) is 11.3 Å². The van der Waals surface area contributed by atoms with E-state index in [-0.39, 0.29) is 54.4 Å². The van der Waals surface area contributed by atoms with Crippen molar-refractivity contribution in [2.45, 2.75) is 166 Å². The van der Waals surface area contributed by atoms with Crippen LogP contribution in [0.15, 0.2) is 41.9 Å². The van der Waals surface area contributed by atoms with Gasteiger partial charge in [0.15, 0.2) is 0 Å². The second kappa shape index (κ2) is 19.4. The number of aryl methyl sites for hydroxylation is 1. The average Bonchev–Trinajstić information content (AvgIpc) is 4.34. The van der Waals surface area contributed by atoms with Crippen molar-refractivity contribution in [3.8, 4) is 22.5 Å². The first-order valence-corrected chi connectivity index (χ1v) is 28.6. The van der Waals surface area contributed by atoms with E-state index in [1.54, 1.807) is 12.1 Å². The lowest BCUT2D eigenvalue weighted by Crippen LogP contribution is -2.62. The van der Waals surface area contributed by atoms with Crippen LogP contribution in [0.3, 0.4) is 0 Å². The van der Waals surface area contributed by atoms with Crippen molar-refractivity contribution in [2.75, 3.05) is 46.4 Å². The number of pyridine rings is 1. The monoisotopic (exact) mass is 1010 g/mol. The van der Waals surface area contributed by atoms with Gasteiger partial charge in [0.05, 0.1) is 40.8 Å². The number of nitrogens with one attached hydrogen (secondary N) is 2. The number of nitrogens with zero attached hydrogens (tertiary/aromatic N) is 7. The third-order valence-corrected chi connectivity index (χ3v) is 19.0. The van der Waals surface area contributed by atoms with Gasteiger partial charge in [-0.05, 0) is 133 Å². The molecule has 3 unspecified atom stereocenters. The number of fused-ring (bicyclic) bond motifs is 6. The summed E-state index contributed by atoms with van der Waals surface area (Å²) in [6.07, 6.45) is 14.6. The highest BCUT2D eigenvalue weighted by atomic mass is 32.1. The number of ether oxygens (including phenoxy) is 2. The fraction of sp³-hybridized carbons (Fsp3) is 0.649. The Balaban J connectivity index is 0.843. The average molecular weight is 1010 g/mol. The van der Waals surface area contributed by atoms with Crippen molar-refractivity contribution in [3.63, 3.8) is 0 Å². The van der Waals surface area contributed by atoms with Crippen LogP contribution in [0.1, 0.15) is 127 Å². The zero-order chi connectivity index (χ0) is 50.3. The maximum absolute atomic E-state index is 15.2. The molecule has 390 valence electrons. The minimum Gasteiger partial charge on any atom is -0.464 e. The van der Waals surface area contributed by atoms with Gasteiger partial charge in [-0.1, -0.05) is 32.8 Å². The molecule has 8 heterocycles. The summed E-state index contributed by atoms with van der Waals surface area (Å²) in [4.78, 5) is 75.6. The van der Waals surface area contributed by atoms with Crippen LogP contribution in [0.5, 0.6) is 0 Å². The number of rotatable bonds is 11. The van der Waals surface area contributed by atoms with Crippen LogP contribution in [0, 0.1) is 22.7 Å². The molecule has 3 amide bonds. The van der Waals surface area contributed by atoms with E-state index in [4.69, 9.17) is 19.4 Å². The van der Waals surface area contributed by atoms with E-state index in [0.29, 0.717) is 49.7 Å². The molecule has 5 aliphatic heterocycles. The van der Waals surface area contributed by atoms with Crippen molar-refractivity contribution in [1.29, 1.82) is 0 Å². The molecule has 3 aromatic heterocycles. The SMILES string of the molecule is CCn1c(-c2cccnc2[C@H](C)OC)c2c3cc(ccc31)-c1csc(n1)C[C@H](NC(=O)C(C1CCCC1)N1CC[C@]3(CCN(C(=O)[C@H]4C(C5CC5)N4C4CC4)C3)C1)C(=O)N1CCC[C@H](N1)C(=O)OCC(C)(C)C2. The Morgan fingerprint density at radius 2 is 1.81 bits per heavy atom. The van der Waals surface area contributed by atoms with Crippen LogP contribution in [0.2, 0.25) is 0 Å². The van der Waals surface area contributed by atoms with E-state index in [9.17, 15) is 14.4 Å². The van der Waals surface area contributed by atoms with Gasteiger partial charge < -0.3 is 24.3 Å². The van der Waals surface area contributed by atoms with Crippen LogP contribution < -0.4 is 10.7 Å². The number of hydrogen-bond acceptors (Lipinski definition) is 12. The minimum atomic E-state index is -0.919. The number of aromatic nitrogens is 3. The number of hydrazine groups is 1. The Labute approximate surface area is 434 Å². The Morgan fingerprint density at radius 1 is 1.00 bits per heavy atom. The number of carbonyl (C=O) groups excluding carboxylic acids is 4. The highest BCUT2D eigenvalue weighted by Gasteiger charge is 2.64. The fourth-order valence-corrected chi connectivity index (χ4v) is 14.8. The standard InChI is InChI=1S/C57H75N9O6S/c1-6-64-45-20-17-37-27-40(45)41(50(64)39-13-9-23-58-47(39)34(2)71-5)29-56(3,4)33-72-55(70)42-14-10-24-65(61-42)53(68)43(28-46-59-44(37)30-73-46)60-52(67)49(35-11-7-8-12-35)62-25-21-57(31-62)22-26-63(32-57)54(69)51-48(36-15-16-36)66(51)38-18-19-38/h9,13,17,20,23,27,30,34-36,38,42-43,48-49,51,61H,6-8,10-12,14-16,18-19,21-22,24-26,28-29,31-33H2,1-5H3,(H,60,67)/t34-,42-,43-,48?,49?,51+,57-,66?/m0/s1. The second-order valence-corrected chi connectivity index (χ2v) is 24.9. The number of cyclic esters (lactones) is 1. The highest BCUT2D eigenvalue weighted by molar-refractivity contribution is 7.10. The van der Waals surface area contributed by atoms with Gasteiger partial charge in [0, 0.05) is 103 Å². The predicted octanol–water partition coefficient (Wildman–Crippen LogP) is 7.31. The Hall–Kier alpha value is -4.74. The summed E-state index contributed by atoms with van der Waals surface area (Å²) >= 11 is 1.51. The van der Waals surface area contributed by atoms with Gasteiger partial charge in [-0.3, -0.25) is 39.0 Å². The largest absolute Gasteiger partial charge is 0.464 e. The van der Waals surface area contributed by atoms with E-state index >= 15 is 4.79 Å². The number of esters is 1. The van der Waals surface area contributed by atoms with Crippen LogP contribution in [0.4, 0.5) is 0 Å². The first kappa shape index (κ1) is 49.2. The molecule has 4 saturated heterocycles. The molecule has 1 spiro atoms. The molecule has 1 aromatic carbocycles. The van der Waals surface area contributed by atoms with Crippen LogP contribution in [-0.4, -0.2) is 141 Å². The Bertz CT molecular complexity index is 2760. The summed E-state index contributed by atoms with van der Waals surface area (Å²) < 4.78 is 14.4. The Kier molecular flexibility index (Phi) is 13.1. The molecule has 15 nitrogen and oxygen atoms in total. The van der Waals surface area contributed by atoms with Crippen LogP contribution in [0.25, 0.3) is 33.4 Å². The maximum atomic E-state index is 15.2. The number of methoxy groups -OCH3 is 1. The molecule has 7 fully saturated rings. The van der Waals surface area contributed by atoms with Crippen LogP contribution >= 0.6 is 11.3 Å². The quantitative estimate of drug-likeness (QED) is 0.115. The van der Waals surface area contributed by atoms with Gasteiger partial charge in [0.2, 0.25) is 11.8 Å². The molecule has 16 heteroatoms. The lowest BCUT2D eigenvalue weighted by Gasteiger charge is -2.37. The van der Waals surface area contributed by atoms with Gasteiger partial charge in [-0.2, -0.15) is 0 Å². The molecule has 12 rings (SSSR count). The van der Waals surface area contributed by atoms with Crippen LogP contribution in [-0.2, 0) is 48.0 Å². The predicted molar refractivity (Wildman–Crippen MR) is 280 cm³/mol. The summed E-state index contributed by atoms with van der Waals surface area (Å²) in [6.45, 7) is 12.9. The third kappa shape index (κ3) is 9.43. The van der Waals surface area contributed by atoms with E-state index in [2.05, 4.69) is 80.4 Å². The molecule has 73 heavy (non-hydrogen) atoms. The van der Waals surface area contributed by atoms with Crippen molar-refractivity contribution in [3.05, 3.63) is 58.2 Å². The van der Waals surface area contributed by atoms with Gasteiger partial charge >= 0.3 is 5.97 Å². The second-order valence-electron chi connectivity index (χ2n) is 23.9. The molecule has 8 aliphatic rings. The highest BCUT2D eigenvalue weighted by Crippen LogP contribution is 2.53. The molecular formula is C57H75N9O6S. The maximum Gasteiger partial charge on any atom is 0.324 e. The third-order valence-electron chi connectivity index (χ3n) is 18.1. The summed E-state index contributed by atoms with van der Waals surface area (Å²) in [6, 6.07) is 9.79. The summed E-state index contributed by atoms with van der Waals surface area (Å²) in [7, 11) is 1.71. The summed E-state index contributed by atoms with van der Waals surface area (Å²) in [5.41, 5.74) is 9.72. The van der Waals surface area contributed by atoms with E-state index in [1.807, 2.05) is 19.2 Å². The topological polar surface area (TPSA) is 154 Å². The molecule has 4 aromatic rings. The first-order valence-electron chi connectivity index (χ1n) is 27.8. The number of thiazole rings is 1. The zero-order valence-electron chi connectivity index (χ0n) is 43.6. The van der Waals surface area contributed by atoms with Crippen molar-refractivity contribution < 1.29 is 28.7 Å². The smallest absolute Gasteiger partial charge is 0.324 e. The minimum absolute atomic E-state index is 0.0283. The lowest BCUT2D eigenvalue weighted by atomic mass is 9.84. The lowest BCUT2D eigenvalue weighted by molar-refractivity contribution is -0.155. The van der Waals surface area contributed by atoms with Crippen molar-refractivity contribution in [2.24, 2.45) is 22.7 Å². The molecule has 0 radical (unpaired) electrons. The van der Waals surface area contributed by atoms with Gasteiger partial charge in [0.25, 0.3) is 5.91 Å². The molecule has 2 N–H and O–H groups in total. The van der Waals surface area contributed by atoms with Crippen molar-refractivity contribution >= 4 is 45.9 Å². The molecule has 3 saturated carbocycles. The van der Waals surface area contributed by atoms with E-state index in [1.165, 1.54) is 37.0 Å². The molecule has 8 atom stereocenters. The number of hydrogen-bond donors (Lipinski definition) is 2. The number of amides is 3. The van der Waals surface area contributed by atoms with E-state index < -0.39 is 23.5 Å². The molecule has 3 aliphatic carbocycles. The van der Waals surface area contributed by atoms with Gasteiger partial charge in [0.1, 0.15) is 18.1 Å². The summed E-state index contributed by atoms with van der Waals surface area (Å²) in [5.74, 6) is 0.443. The first-order chi connectivity index (χ1) is 35.3. The van der Waals surface area contributed by atoms with Crippen molar-refractivity contribution in [1.82, 2.24) is 45.0 Å². The molecular weight excluding hydrogens is 939 g/mol.